The minimum atomic E-state index is 0.115. The number of Topliss-reactive ketones (excluding diaryl/α,β-unsaturated/α-hetero) is 1. The zero-order valence-corrected chi connectivity index (χ0v) is 11.6. The highest BCUT2D eigenvalue weighted by Crippen LogP contribution is 2.34. The molecule has 0 aromatic heterocycles. The molecule has 1 heteroatoms. The van der Waals surface area contributed by atoms with Gasteiger partial charge in [-0.3, -0.25) is 4.79 Å². The van der Waals surface area contributed by atoms with Crippen LogP contribution in [0.1, 0.15) is 57.4 Å². The molecule has 1 aliphatic carbocycles. The predicted molar refractivity (Wildman–Crippen MR) is 75.6 cm³/mol. The first-order valence-electron chi connectivity index (χ1n) is 7.31. The van der Waals surface area contributed by atoms with E-state index in [0.29, 0.717) is 11.7 Å². The second kappa shape index (κ2) is 6.17. The fourth-order valence-corrected chi connectivity index (χ4v) is 3.12. The van der Waals surface area contributed by atoms with E-state index in [2.05, 4.69) is 26.0 Å². The lowest BCUT2D eigenvalue weighted by Crippen LogP contribution is -2.25. The molecular weight excluding hydrogens is 220 g/mol. The number of benzene rings is 1. The van der Waals surface area contributed by atoms with Gasteiger partial charge in [-0.15, -0.1) is 0 Å². The van der Waals surface area contributed by atoms with Gasteiger partial charge in [0.2, 0.25) is 0 Å². The van der Waals surface area contributed by atoms with E-state index in [1.807, 2.05) is 18.2 Å². The van der Waals surface area contributed by atoms with Crippen molar-refractivity contribution in [2.24, 2.45) is 11.8 Å². The molecule has 1 aromatic carbocycles. The van der Waals surface area contributed by atoms with Crippen molar-refractivity contribution in [1.29, 1.82) is 0 Å². The molecule has 0 aliphatic heterocycles. The Balaban J connectivity index is 2.06. The van der Waals surface area contributed by atoms with Crippen LogP contribution < -0.4 is 0 Å². The smallest absolute Gasteiger partial charge is 0.143 e. The summed E-state index contributed by atoms with van der Waals surface area (Å²) in [6.07, 6.45) is 5.57. The van der Waals surface area contributed by atoms with Gasteiger partial charge in [0, 0.05) is 11.8 Å². The predicted octanol–water partition coefficient (Wildman–Crippen LogP) is 4.58. The van der Waals surface area contributed by atoms with Gasteiger partial charge in [0.05, 0.1) is 0 Å². The van der Waals surface area contributed by atoms with Crippen LogP contribution in [0.15, 0.2) is 30.3 Å². The van der Waals surface area contributed by atoms with Gasteiger partial charge in [0.1, 0.15) is 5.78 Å². The molecule has 0 amide bonds. The summed E-state index contributed by atoms with van der Waals surface area (Å²) in [6, 6.07) is 10.3. The zero-order chi connectivity index (χ0) is 13.0. The standard InChI is InChI=1S/C17H24O/c1-3-16(14-7-5-4-6-8-14)17(18)15-11-9-13(2)10-12-15/h4-8,13,15-16H,3,9-12H2,1-2H3. The van der Waals surface area contributed by atoms with Crippen molar-refractivity contribution >= 4 is 5.78 Å². The lowest BCUT2D eigenvalue weighted by Gasteiger charge is -2.28. The molecular formula is C17H24O. The Kier molecular flexibility index (Phi) is 4.57. The fourth-order valence-electron chi connectivity index (χ4n) is 3.12. The Morgan fingerprint density at radius 1 is 1.17 bits per heavy atom. The van der Waals surface area contributed by atoms with E-state index >= 15 is 0 Å². The Morgan fingerprint density at radius 2 is 1.78 bits per heavy atom. The molecule has 1 unspecified atom stereocenters. The van der Waals surface area contributed by atoms with Crippen molar-refractivity contribution in [2.75, 3.05) is 0 Å². The summed E-state index contributed by atoms with van der Waals surface area (Å²) in [7, 11) is 0. The van der Waals surface area contributed by atoms with Gasteiger partial charge < -0.3 is 0 Å². The molecule has 0 bridgehead atoms. The molecule has 1 aliphatic rings. The molecule has 0 radical (unpaired) electrons. The van der Waals surface area contributed by atoms with E-state index in [-0.39, 0.29) is 5.92 Å². The first-order chi connectivity index (χ1) is 8.72. The zero-order valence-electron chi connectivity index (χ0n) is 11.6. The molecule has 1 aromatic rings. The molecule has 1 nitrogen and oxygen atoms in total. The van der Waals surface area contributed by atoms with Gasteiger partial charge in [-0.1, -0.05) is 57.0 Å². The van der Waals surface area contributed by atoms with Crippen molar-refractivity contribution in [3.8, 4) is 0 Å². The van der Waals surface area contributed by atoms with E-state index in [9.17, 15) is 4.79 Å². The first-order valence-corrected chi connectivity index (χ1v) is 7.31. The third kappa shape index (κ3) is 3.01. The maximum atomic E-state index is 12.6. The Bertz CT molecular complexity index is 374. The van der Waals surface area contributed by atoms with Crippen LogP contribution in [0.5, 0.6) is 0 Å². The van der Waals surface area contributed by atoms with Crippen LogP contribution in [0.25, 0.3) is 0 Å². The number of rotatable bonds is 4. The first kappa shape index (κ1) is 13.3. The minimum Gasteiger partial charge on any atom is -0.299 e. The largest absolute Gasteiger partial charge is 0.299 e. The molecule has 0 N–H and O–H groups in total. The molecule has 1 fully saturated rings. The van der Waals surface area contributed by atoms with E-state index in [4.69, 9.17) is 0 Å². The quantitative estimate of drug-likeness (QED) is 0.758. The summed E-state index contributed by atoms with van der Waals surface area (Å²) < 4.78 is 0. The highest BCUT2D eigenvalue weighted by molar-refractivity contribution is 5.87. The fraction of sp³-hybridized carbons (Fsp3) is 0.588. The van der Waals surface area contributed by atoms with Crippen molar-refractivity contribution in [3.05, 3.63) is 35.9 Å². The Labute approximate surface area is 111 Å². The summed E-state index contributed by atoms with van der Waals surface area (Å²) in [5.41, 5.74) is 1.20. The summed E-state index contributed by atoms with van der Waals surface area (Å²) in [5.74, 6) is 1.72. The summed E-state index contributed by atoms with van der Waals surface area (Å²) in [5, 5.41) is 0. The number of hydrogen-bond donors (Lipinski definition) is 0. The van der Waals surface area contributed by atoms with E-state index in [1.54, 1.807) is 0 Å². The van der Waals surface area contributed by atoms with Gasteiger partial charge in [-0.2, -0.15) is 0 Å². The van der Waals surface area contributed by atoms with Gasteiger partial charge in [0.15, 0.2) is 0 Å². The number of carbonyl (C=O) groups is 1. The lowest BCUT2D eigenvalue weighted by molar-refractivity contribution is -0.125. The van der Waals surface area contributed by atoms with Crippen LogP contribution in [-0.2, 0) is 4.79 Å². The third-order valence-electron chi connectivity index (χ3n) is 4.37. The van der Waals surface area contributed by atoms with E-state index in [0.717, 1.165) is 25.2 Å². The average molecular weight is 244 g/mol. The molecule has 0 heterocycles. The SMILES string of the molecule is CCC(C(=O)C1CCC(C)CC1)c1ccccc1. The second-order valence-electron chi connectivity index (χ2n) is 5.73. The topological polar surface area (TPSA) is 17.1 Å². The third-order valence-corrected chi connectivity index (χ3v) is 4.37. The van der Waals surface area contributed by atoms with E-state index < -0.39 is 0 Å². The summed E-state index contributed by atoms with van der Waals surface area (Å²) in [6.45, 7) is 4.43. The van der Waals surface area contributed by atoms with Crippen molar-refractivity contribution in [1.82, 2.24) is 0 Å². The average Bonchev–Trinajstić information content (AvgIpc) is 2.41. The van der Waals surface area contributed by atoms with Crippen LogP contribution in [0, 0.1) is 11.8 Å². The van der Waals surface area contributed by atoms with Crippen LogP contribution in [-0.4, -0.2) is 5.78 Å². The molecule has 1 saturated carbocycles. The number of ketones is 1. The molecule has 0 saturated heterocycles. The molecule has 18 heavy (non-hydrogen) atoms. The molecule has 1 atom stereocenters. The van der Waals surface area contributed by atoms with Crippen LogP contribution in [0.2, 0.25) is 0 Å². The highest BCUT2D eigenvalue weighted by Gasteiger charge is 2.29. The normalized spacial score (nSPS) is 25.7. The van der Waals surface area contributed by atoms with Gasteiger partial charge in [-0.25, -0.2) is 0 Å². The molecule has 2 rings (SSSR count). The van der Waals surface area contributed by atoms with Gasteiger partial charge in [-0.05, 0) is 30.7 Å². The van der Waals surface area contributed by atoms with Crippen LogP contribution in [0.4, 0.5) is 0 Å². The maximum Gasteiger partial charge on any atom is 0.143 e. The maximum absolute atomic E-state index is 12.6. The summed E-state index contributed by atoms with van der Waals surface area (Å²) in [4.78, 5) is 12.6. The highest BCUT2D eigenvalue weighted by atomic mass is 16.1. The second-order valence-corrected chi connectivity index (χ2v) is 5.73. The van der Waals surface area contributed by atoms with E-state index in [1.165, 1.54) is 18.4 Å². The van der Waals surface area contributed by atoms with Crippen molar-refractivity contribution < 1.29 is 4.79 Å². The lowest BCUT2D eigenvalue weighted by atomic mass is 9.76. The monoisotopic (exact) mass is 244 g/mol. The van der Waals surface area contributed by atoms with Gasteiger partial charge >= 0.3 is 0 Å². The van der Waals surface area contributed by atoms with Crippen molar-refractivity contribution in [2.45, 2.75) is 51.9 Å². The van der Waals surface area contributed by atoms with Crippen molar-refractivity contribution in [3.63, 3.8) is 0 Å². The summed E-state index contributed by atoms with van der Waals surface area (Å²) >= 11 is 0. The number of hydrogen-bond acceptors (Lipinski definition) is 1. The van der Waals surface area contributed by atoms with Crippen LogP contribution >= 0.6 is 0 Å². The van der Waals surface area contributed by atoms with Crippen LogP contribution in [0.3, 0.4) is 0 Å². The Morgan fingerprint density at radius 3 is 2.33 bits per heavy atom. The Hall–Kier alpha value is -1.11. The molecule has 98 valence electrons. The minimum absolute atomic E-state index is 0.115. The van der Waals surface area contributed by atoms with Gasteiger partial charge in [0.25, 0.3) is 0 Å². The number of carbonyl (C=O) groups excluding carboxylic acids is 1. The molecule has 0 spiro atoms.